The molecule has 2 heterocycles. The van der Waals surface area contributed by atoms with Crippen LogP contribution in [0.25, 0.3) is 0 Å². The molecule has 0 saturated heterocycles. The number of nitrogens with one attached hydrogen (secondary N) is 1. The molecule has 0 saturated carbocycles. The Hall–Kier alpha value is -2.41. The molecule has 1 atom stereocenters. The molecule has 0 spiro atoms. The van der Waals surface area contributed by atoms with Crippen molar-refractivity contribution in [1.82, 2.24) is 9.78 Å². The van der Waals surface area contributed by atoms with Gasteiger partial charge >= 0.3 is 0 Å². The van der Waals surface area contributed by atoms with Crippen LogP contribution in [0.5, 0.6) is 0 Å². The molecule has 0 aliphatic carbocycles. The predicted octanol–water partition coefficient (Wildman–Crippen LogP) is 2.65. The zero-order valence-corrected chi connectivity index (χ0v) is 13.3. The number of aryl methyl sites for hydroxylation is 2. The normalized spacial score (nSPS) is 16.9. The molecule has 1 amide bonds. The van der Waals surface area contributed by atoms with Gasteiger partial charge in [-0.15, -0.1) is 0 Å². The third kappa shape index (κ3) is 3.05. The van der Waals surface area contributed by atoms with E-state index in [1.807, 2.05) is 6.92 Å². The van der Waals surface area contributed by atoms with Crippen molar-refractivity contribution in [2.75, 3.05) is 5.32 Å². The van der Waals surface area contributed by atoms with Crippen LogP contribution < -0.4 is 5.32 Å². The lowest BCUT2D eigenvalue weighted by Crippen LogP contribution is -2.29. The van der Waals surface area contributed by atoms with Gasteiger partial charge in [0.1, 0.15) is 11.6 Å². The Bertz CT molecular complexity index is 783. The smallest absolute Gasteiger partial charge is 0.269 e. The van der Waals surface area contributed by atoms with E-state index in [1.54, 1.807) is 23.9 Å². The molecule has 8 heteroatoms. The van der Waals surface area contributed by atoms with Gasteiger partial charge in [-0.05, 0) is 19.1 Å². The van der Waals surface area contributed by atoms with Crippen LogP contribution in [0.1, 0.15) is 17.7 Å². The third-order valence-electron chi connectivity index (χ3n) is 3.47. The first-order valence-electron chi connectivity index (χ1n) is 6.94. The first kappa shape index (κ1) is 15.5. The Kier molecular flexibility index (Phi) is 4.04. The molecule has 0 radical (unpaired) electrons. The van der Waals surface area contributed by atoms with Gasteiger partial charge in [0.05, 0.1) is 22.0 Å². The number of benzene rings is 1. The monoisotopic (exact) mass is 336 g/mol. The number of hydrogen-bond acceptors (Lipinski definition) is 4. The van der Waals surface area contributed by atoms with Crippen molar-refractivity contribution in [2.24, 2.45) is 12.2 Å². The number of rotatable bonds is 3. The highest BCUT2D eigenvalue weighted by Crippen LogP contribution is 2.26. The quantitative estimate of drug-likeness (QED) is 0.937. The molecule has 1 aliphatic rings. The second-order valence-corrected chi connectivity index (χ2v) is 5.62. The summed E-state index contributed by atoms with van der Waals surface area (Å²) in [7, 11) is 1.72. The van der Waals surface area contributed by atoms with E-state index in [0.29, 0.717) is 11.5 Å². The molecule has 3 rings (SSSR count). The standard InChI is InChI=1S/C15H14ClFN4O2/c1-8-6-13(21(2)19-8)18-15(22)12-7-11(20-23-12)14-9(16)4-3-5-10(14)17/h3-6,12H,7H2,1-2H3,(H,18,22). The van der Waals surface area contributed by atoms with Crippen LogP contribution in [0.2, 0.25) is 5.02 Å². The minimum atomic E-state index is -0.837. The van der Waals surface area contributed by atoms with Crippen LogP contribution in [0, 0.1) is 12.7 Å². The first-order chi connectivity index (χ1) is 11.0. The van der Waals surface area contributed by atoms with Gasteiger partial charge in [-0.25, -0.2) is 4.39 Å². The van der Waals surface area contributed by atoms with Crippen LogP contribution in [0.15, 0.2) is 29.4 Å². The second kappa shape index (κ2) is 6.00. The van der Waals surface area contributed by atoms with Crippen molar-refractivity contribution in [3.05, 3.63) is 46.4 Å². The van der Waals surface area contributed by atoms with E-state index in [9.17, 15) is 9.18 Å². The van der Waals surface area contributed by atoms with Crippen LogP contribution in [-0.2, 0) is 16.7 Å². The molecule has 1 unspecified atom stereocenters. The summed E-state index contributed by atoms with van der Waals surface area (Å²) in [5.74, 6) is -0.323. The Morgan fingerprint density at radius 3 is 2.96 bits per heavy atom. The maximum atomic E-state index is 13.9. The van der Waals surface area contributed by atoms with Crippen LogP contribution in [0.4, 0.5) is 10.2 Å². The average molecular weight is 337 g/mol. The first-order valence-corrected chi connectivity index (χ1v) is 7.32. The highest BCUT2D eigenvalue weighted by Gasteiger charge is 2.31. The minimum absolute atomic E-state index is 0.142. The van der Waals surface area contributed by atoms with Gasteiger partial charge < -0.3 is 10.2 Å². The number of aromatic nitrogens is 2. The van der Waals surface area contributed by atoms with Crippen LogP contribution in [-0.4, -0.2) is 27.5 Å². The van der Waals surface area contributed by atoms with Crippen molar-refractivity contribution in [3.8, 4) is 0 Å². The molecule has 120 valence electrons. The molecule has 0 bridgehead atoms. The Morgan fingerprint density at radius 1 is 1.52 bits per heavy atom. The fourth-order valence-corrected chi connectivity index (χ4v) is 2.65. The van der Waals surface area contributed by atoms with Gasteiger partial charge in [-0.1, -0.05) is 22.8 Å². The predicted molar refractivity (Wildman–Crippen MR) is 84.0 cm³/mol. The lowest BCUT2D eigenvalue weighted by molar-refractivity contribution is -0.125. The van der Waals surface area contributed by atoms with E-state index < -0.39 is 11.9 Å². The number of hydrogen-bond donors (Lipinski definition) is 1. The molecule has 1 aliphatic heterocycles. The zero-order chi connectivity index (χ0) is 16.6. The fourth-order valence-electron chi connectivity index (χ4n) is 2.37. The summed E-state index contributed by atoms with van der Waals surface area (Å²) in [6, 6.07) is 6.10. The molecule has 2 aromatic rings. The number of anilines is 1. The molecular formula is C15H14ClFN4O2. The van der Waals surface area contributed by atoms with E-state index in [2.05, 4.69) is 15.6 Å². The lowest BCUT2D eigenvalue weighted by atomic mass is 10.0. The zero-order valence-electron chi connectivity index (χ0n) is 12.5. The summed E-state index contributed by atoms with van der Waals surface area (Å²) >= 11 is 6.00. The van der Waals surface area contributed by atoms with E-state index in [1.165, 1.54) is 12.1 Å². The van der Waals surface area contributed by atoms with Gasteiger partial charge in [0.25, 0.3) is 5.91 Å². The summed E-state index contributed by atoms with van der Waals surface area (Å²) in [5.41, 5.74) is 1.26. The summed E-state index contributed by atoms with van der Waals surface area (Å²) in [5, 5.41) is 10.9. The second-order valence-electron chi connectivity index (χ2n) is 5.22. The number of halogens is 2. The maximum Gasteiger partial charge on any atom is 0.269 e. The van der Waals surface area contributed by atoms with E-state index in [-0.39, 0.29) is 22.9 Å². The number of carbonyl (C=O) groups excluding carboxylic acids is 1. The largest absolute Gasteiger partial charge is 0.382 e. The van der Waals surface area contributed by atoms with Crippen molar-refractivity contribution >= 4 is 29.0 Å². The highest BCUT2D eigenvalue weighted by molar-refractivity contribution is 6.34. The van der Waals surface area contributed by atoms with Gasteiger partial charge in [0.15, 0.2) is 0 Å². The van der Waals surface area contributed by atoms with Gasteiger partial charge in [-0.2, -0.15) is 5.10 Å². The number of oxime groups is 1. The Labute approximate surface area is 136 Å². The Morgan fingerprint density at radius 2 is 2.30 bits per heavy atom. The van der Waals surface area contributed by atoms with Crippen molar-refractivity contribution in [1.29, 1.82) is 0 Å². The molecule has 1 N–H and O–H groups in total. The highest BCUT2D eigenvalue weighted by atomic mass is 35.5. The molecule has 1 aromatic heterocycles. The number of carbonyl (C=O) groups is 1. The Balaban J connectivity index is 1.71. The summed E-state index contributed by atoms with van der Waals surface area (Å²) in [6.45, 7) is 1.82. The van der Waals surface area contributed by atoms with E-state index in [0.717, 1.165) is 5.69 Å². The van der Waals surface area contributed by atoms with Crippen molar-refractivity contribution < 1.29 is 14.0 Å². The van der Waals surface area contributed by atoms with Gasteiger partial charge in [0, 0.05) is 19.5 Å². The van der Waals surface area contributed by atoms with Gasteiger partial charge in [0.2, 0.25) is 6.10 Å². The number of nitrogens with zero attached hydrogens (tertiary/aromatic N) is 3. The lowest BCUT2D eigenvalue weighted by Gasteiger charge is -2.09. The third-order valence-corrected chi connectivity index (χ3v) is 3.78. The molecule has 1 aromatic carbocycles. The SMILES string of the molecule is Cc1cc(NC(=O)C2CC(c3c(F)cccc3Cl)=NO2)n(C)n1. The summed E-state index contributed by atoms with van der Waals surface area (Å²) in [6.07, 6.45) is -0.695. The summed E-state index contributed by atoms with van der Waals surface area (Å²) in [4.78, 5) is 17.4. The average Bonchev–Trinajstić information content (AvgIpc) is 3.06. The molecule has 6 nitrogen and oxygen atoms in total. The molecule has 0 fully saturated rings. The van der Waals surface area contributed by atoms with Gasteiger partial charge in [-0.3, -0.25) is 9.48 Å². The number of amides is 1. The van der Waals surface area contributed by atoms with Crippen LogP contribution >= 0.6 is 11.6 Å². The van der Waals surface area contributed by atoms with E-state index in [4.69, 9.17) is 16.4 Å². The van der Waals surface area contributed by atoms with Crippen molar-refractivity contribution in [3.63, 3.8) is 0 Å². The topological polar surface area (TPSA) is 68.5 Å². The summed E-state index contributed by atoms with van der Waals surface area (Å²) < 4.78 is 15.5. The fraction of sp³-hybridized carbons (Fsp3) is 0.267. The maximum absolute atomic E-state index is 13.9. The molecular weight excluding hydrogens is 323 g/mol. The van der Waals surface area contributed by atoms with E-state index >= 15 is 0 Å². The van der Waals surface area contributed by atoms with Crippen LogP contribution in [0.3, 0.4) is 0 Å². The van der Waals surface area contributed by atoms with Crippen molar-refractivity contribution in [2.45, 2.75) is 19.4 Å². The molecule has 23 heavy (non-hydrogen) atoms. The minimum Gasteiger partial charge on any atom is -0.382 e.